The monoisotopic (exact) mass is 302 g/mol. The number of hydrogen-bond acceptors (Lipinski definition) is 4. The molecular weight excluding hydrogens is 285 g/mol. The largest absolute Gasteiger partial charge is 0.433 e. The predicted molar refractivity (Wildman–Crippen MR) is 70.5 cm³/mol. The van der Waals surface area contributed by atoms with E-state index in [4.69, 9.17) is 0 Å². The van der Waals surface area contributed by atoms with Crippen molar-refractivity contribution < 1.29 is 18.0 Å². The maximum Gasteiger partial charge on any atom is 0.433 e. The van der Waals surface area contributed by atoms with Gasteiger partial charge in [0.2, 0.25) is 11.9 Å². The number of carbonyl (C=O) groups excluding carboxylic acids is 1. The Morgan fingerprint density at radius 1 is 1.38 bits per heavy atom. The Labute approximate surface area is 120 Å². The summed E-state index contributed by atoms with van der Waals surface area (Å²) in [4.78, 5) is 19.0. The van der Waals surface area contributed by atoms with Gasteiger partial charge in [0.15, 0.2) is 0 Å². The zero-order valence-corrected chi connectivity index (χ0v) is 11.6. The molecular formula is C13H17F3N4O. The van der Waals surface area contributed by atoms with Crippen LogP contribution in [0, 0.1) is 0 Å². The molecule has 1 atom stereocenters. The van der Waals surface area contributed by atoms with Gasteiger partial charge in [0.25, 0.3) is 0 Å². The Bertz CT molecular complexity index is 500. The molecule has 1 aromatic heterocycles. The fourth-order valence-electron chi connectivity index (χ4n) is 2.24. The average Bonchev–Trinajstić information content (AvgIpc) is 2.91. The summed E-state index contributed by atoms with van der Waals surface area (Å²) in [7, 11) is 0. The van der Waals surface area contributed by atoms with Gasteiger partial charge in [0.1, 0.15) is 11.7 Å². The van der Waals surface area contributed by atoms with E-state index in [1.165, 1.54) is 0 Å². The number of alkyl halides is 3. The normalized spacial score (nSPS) is 17.5. The van der Waals surface area contributed by atoms with Crippen molar-refractivity contribution in [3.63, 3.8) is 0 Å². The number of anilines is 1. The SMILES string of the molecule is C[C@@H](Nc1nccc(C(F)(F)F)n1)C(=O)NC1CCCC1. The lowest BCUT2D eigenvalue weighted by molar-refractivity contribution is -0.141. The molecule has 0 spiro atoms. The molecule has 8 heteroatoms. The molecule has 0 aliphatic heterocycles. The van der Waals surface area contributed by atoms with Gasteiger partial charge >= 0.3 is 6.18 Å². The molecule has 21 heavy (non-hydrogen) atoms. The van der Waals surface area contributed by atoms with E-state index in [1.807, 2.05) is 0 Å². The standard InChI is InChI=1S/C13H17F3N4O/c1-8(11(21)19-9-4-2-3-5-9)18-12-17-7-6-10(20-12)13(14,15)16/h6-9H,2-5H2,1H3,(H,19,21)(H,17,18,20)/t8-/m1/s1. The van der Waals surface area contributed by atoms with Gasteiger partial charge in [-0.3, -0.25) is 4.79 Å². The molecule has 1 aliphatic rings. The molecule has 1 heterocycles. The smallest absolute Gasteiger partial charge is 0.352 e. The molecule has 116 valence electrons. The van der Waals surface area contributed by atoms with E-state index in [1.54, 1.807) is 6.92 Å². The third-order valence-electron chi connectivity index (χ3n) is 3.39. The van der Waals surface area contributed by atoms with E-state index in [2.05, 4.69) is 20.6 Å². The minimum Gasteiger partial charge on any atom is -0.352 e. The van der Waals surface area contributed by atoms with Crippen LogP contribution in [0.1, 0.15) is 38.3 Å². The van der Waals surface area contributed by atoms with Crippen LogP contribution in [0.5, 0.6) is 0 Å². The van der Waals surface area contributed by atoms with Crippen molar-refractivity contribution in [1.82, 2.24) is 15.3 Å². The van der Waals surface area contributed by atoms with Gasteiger partial charge in [-0.15, -0.1) is 0 Å². The molecule has 0 bridgehead atoms. The van der Waals surface area contributed by atoms with Crippen LogP contribution >= 0.6 is 0 Å². The molecule has 1 aliphatic carbocycles. The lowest BCUT2D eigenvalue weighted by Gasteiger charge is -2.18. The number of halogens is 3. The summed E-state index contributed by atoms with van der Waals surface area (Å²) in [5.41, 5.74) is -1.04. The molecule has 1 amide bonds. The van der Waals surface area contributed by atoms with Crippen LogP contribution in [0.3, 0.4) is 0 Å². The third-order valence-corrected chi connectivity index (χ3v) is 3.39. The van der Waals surface area contributed by atoms with Crippen molar-refractivity contribution in [3.05, 3.63) is 18.0 Å². The van der Waals surface area contributed by atoms with Gasteiger partial charge in [-0.05, 0) is 25.8 Å². The van der Waals surface area contributed by atoms with E-state index in [-0.39, 0.29) is 17.9 Å². The average molecular weight is 302 g/mol. The van der Waals surface area contributed by atoms with Crippen LogP contribution < -0.4 is 10.6 Å². The van der Waals surface area contributed by atoms with Crippen molar-refractivity contribution in [1.29, 1.82) is 0 Å². The Kier molecular flexibility index (Phi) is 4.64. The fraction of sp³-hybridized carbons (Fsp3) is 0.615. The first kappa shape index (κ1) is 15.5. The van der Waals surface area contributed by atoms with Gasteiger partial charge in [0, 0.05) is 12.2 Å². The van der Waals surface area contributed by atoms with Crippen molar-refractivity contribution in [2.45, 2.75) is 50.9 Å². The number of carbonyl (C=O) groups is 1. The minimum atomic E-state index is -4.53. The third kappa shape index (κ3) is 4.30. The highest BCUT2D eigenvalue weighted by Crippen LogP contribution is 2.27. The van der Waals surface area contributed by atoms with E-state index >= 15 is 0 Å². The molecule has 5 nitrogen and oxygen atoms in total. The maximum absolute atomic E-state index is 12.5. The first-order valence-corrected chi connectivity index (χ1v) is 6.83. The second-order valence-electron chi connectivity index (χ2n) is 5.12. The zero-order chi connectivity index (χ0) is 15.5. The quantitative estimate of drug-likeness (QED) is 0.896. The number of aromatic nitrogens is 2. The summed E-state index contributed by atoms with van der Waals surface area (Å²) in [6.45, 7) is 1.56. The highest BCUT2D eigenvalue weighted by atomic mass is 19.4. The fourth-order valence-corrected chi connectivity index (χ4v) is 2.24. The highest BCUT2D eigenvalue weighted by molar-refractivity contribution is 5.83. The van der Waals surface area contributed by atoms with Crippen molar-refractivity contribution in [2.24, 2.45) is 0 Å². The van der Waals surface area contributed by atoms with Crippen molar-refractivity contribution >= 4 is 11.9 Å². The Balaban J connectivity index is 1.95. The molecule has 2 rings (SSSR count). The van der Waals surface area contributed by atoms with Crippen LogP contribution in [0.15, 0.2) is 12.3 Å². The van der Waals surface area contributed by atoms with E-state index < -0.39 is 17.9 Å². The molecule has 1 saturated carbocycles. The summed E-state index contributed by atoms with van der Waals surface area (Å²) in [5.74, 6) is -0.471. The molecule has 2 N–H and O–H groups in total. The van der Waals surface area contributed by atoms with Crippen LogP contribution in [0.2, 0.25) is 0 Å². The van der Waals surface area contributed by atoms with E-state index in [0.29, 0.717) is 0 Å². The highest BCUT2D eigenvalue weighted by Gasteiger charge is 2.33. The Morgan fingerprint density at radius 2 is 2.05 bits per heavy atom. The molecule has 0 aromatic carbocycles. The van der Waals surface area contributed by atoms with Crippen LogP contribution in [-0.4, -0.2) is 28.0 Å². The second kappa shape index (κ2) is 6.28. The Morgan fingerprint density at radius 3 is 2.67 bits per heavy atom. The van der Waals surface area contributed by atoms with Crippen molar-refractivity contribution in [2.75, 3.05) is 5.32 Å². The number of nitrogens with one attached hydrogen (secondary N) is 2. The van der Waals surface area contributed by atoms with Gasteiger partial charge in [-0.2, -0.15) is 13.2 Å². The maximum atomic E-state index is 12.5. The van der Waals surface area contributed by atoms with E-state index in [9.17, 15) is 18.0 Å². The summed E-state index contributed by atoms with van der Waals surface area (Å²) in [5, 5.41) is 5.46. The first-order chi connectivity index (χ1) is 9.86. The summed E-state index contributed by atoms with van der Waals surface area (Å²) in [6, 6.07) is 0.243. The molecule has 1 aromatic rings. The lowest BCUT2D eigenvalue weighted by Crippen LogP contribution is -2.42. The van der Waals surface area contributed by atoms with Crippen molar-refractivity contribution in [3.8, 4) is 0 Å². The minimum absolute atomic E-state index is 0.157. The zero-order valence-electron chi connectivity index (χ0n) is 11.6. The van der Waals surface area contributed by atoms with Gasteiger partial charge in [0.05, 0.1) is 0 Å². The summed E-state index contributed by atoms with van der Waals surface area (Å²) >= 11 is 0. The van der Waals surface area contributed by atoms with Crippen LogP contribution in [0.25, 0.3) is 0 Å². The number of hydrogen-bond donors (Lipinski definition) is 2. The lowest BCUT2D eigenvalue weighted by atomic mass is 10.2. The molecule has 0 radical (unpaired) electrons. The summed E-state index contributed by atoms with van der Waals surface area (Å²) < 4.78 is 37.6. The second-order valence-corrected chi connectivity index (χ2v) is 5.12. The Hall–Kier alpha value is -1.86. The summed E-state index contributed by atoms with van der Waals surface area (Å²) in [6.07, 6.45) is 0.540. The number of amides is 1. The topological polar surface area (TPSA) is 66.9 Å². The number of rotatable bonds is 4. The first-order valence-electron chi connectivity index (χ1n) is 6.83. The van der Waals surface area contributed by atoms with E-state index in [0.717, 1.165) is 37.9 Å². The van der Waals surface area contributed by atoms with Gasteiger partial charge in [-0.1, -0.05) is 12.8 Å². The van der Waals surface area contributed by atoms with Gasteiger partial charge < -0.3 is 10.6 Å². The number of nitrogens with zero attached hydrogens (tertiary/aromatic N) is 2. The van der Waals surface area contributed by atoms with Crippen LogP contribution in [0.4, 0.5) is 19.1 Å². The molecule has 1 fully saturated rings. The predicted octanol–water partition coefficient (Wildman–Crippen LogP) is 2.35. The molecule has 0 unspecified atom stereocenters. The van der Waals surface area contributed by atoms with Crippen LogP contribution in [-0.2, 0) is 11.0 Å². The molecule has 0 saturated heterocycles. The van der Waals surface area contributed by atoms with Gasteiger partial charge in [-0.25, -0.2) is 9.97 Å².